The highest BCUT2D eigenvalue weighted by Gasteiger charge is 2.28. The van der Waals surface area contributed by atoms with Gasteiger partial charge in [-0.1, -0.05) is 20.8 Å². The van der Waals surface area contributed by atoms with Gasteiger partial charge in [-0.05, 0) is 57.1 Å². The lowest BCUT2D eigenvalue weighted by atomic mass is 9.83. The number of carbonyl (C=O) groups excluding carboxylic acids is 1. The summed E-state index contributed by atoms with van der Waals surface area (Å²) in [5, 5.41) is 12.9. The fraction of sp³-hybridized carbons (Fsp3) is 0.462. The van der Waals surface area contributed by atoms with Crippen molar-refractivity contribution < 1.29 is 19.1 Å². The number of benzene rings is 1. The Hall–Kier alpha value is -2.60. The molecule has 6 heteroatoms. The maximum Gasteiger partial charge on any atom is 0.341 e. The molecular formula is C26H31NO4S. The molecule has 2 aromatic heterocycles. The van der Waals surface area contributed by atoms with Crippen LogP contribution in [0.3, 0.4) is 0 Å². The van der Waals surface area contributed by atoms with Crippen molar-refractivity contribution in [3.63, 3.8) is 0 Å². The third-order valence-electron chi connectivity index (χ3n) is 6.22. The Morgan fingerprint density at radius 1 is 1.28 bits per heavy atom. The second-order valence-corrected chi connectivity index (χ2v) is 10.7. The zero-order chi connectivity index (χ0) is 23.2. The monoisotopic (exact) mass is 453 g/mol. The molecule has 0 amide bonds. The van der Waals surface area contributed by atoms with E-state index in [4.69, 9.17) is 14.1 Å². The minimum Gasteiger partial charge on any atom is -0.507 e. The molecule has 0 aliphatic heterocycles. The summed E-state index contributed by atoms with van der Waals surface area (Å²) in [6.45, 7) is 12.2. The average molecular weight is 454 g/mol. The third kappa shape index (κ3) is 3.85. The van der Waals surface area contributed by atoms with E-state index < -0.39 is 0 Å². The normalized spacial score (nSPS) is 14.3. The molecule has 0 spiro atoms. The third-order valence-corrected chi connectivity index (χ3v) is 7.33. The Bertz CT molecular complexity index is 1220. The van der Waals surface area contributed by atoms with Crippen LogP contribution in [0.4, 0.5) is 5.00 Å². The first kappa shape index (κ1) is 22.6. The van der Waals surface area contributed by atoms with Gasteiger partial charge >= 0.3 is 5.97 Å². The SMILES string of the molecule is CCOC(=O)c1c(/N=C/c2c(O)c(C(C)(C)C)cc3oc4c(c23)CCCC4)sc(C)c1C. The number of aliphatic imine (C=N–C) groups is 1. The van der Waals surface area contributed by atoms with E-state index in [2.05, 4.69) is 20.8 Å². The quantitative estimate of drug-likeness (QED) is 0.344. The van der Waals surface area contributed by atoms with Crippen LogP contribution in [-0.4, -0.2) is 23.9 Å². The lowest BCUT2D eigenvalue weighted by molar-refractivity contribution is 0.0527. The van der Waals surface area contributed by atoms with E-state index in [0.29, 0.717) is 22.7 Å². The van der Waals surface area contributed by atoms with Crippen LogP contribution in [0, 0.1) is 13.8 Å². The maximum absolute atomic E-state index is 12.6. The number of fused-ring (bicyclic) bond motifs is 3. The fourth-order valence-corrected chi connectivity index (χ4v) is 5.40. The minimum atomic E-state index is -0.361. The van der Waals surface area contributed by atoms with Crippen LogP contribution in [0.2, 0.25) is 0 Å². The number of hydrogen-bond acceptors (Lipinski definition) is 6. The number of hydrogen-bond donors (Lipinski definition) is 1. The molecule has 5 nitrogen and oxygen atoms in total. The zero-order valence-electron chi connectivity index (χ0n) is 19.7. The molecule has 0 saturated heterocycles. The summed E-state index contributed by atoms with van der Waals surface area (Å²) in [6, 6.07) is 1.98. The molecule has 0 saturated carbocycles. The van der Waals surface area contributed by atoms with Gasteiger partial charge in [-0.2, -0.15) is 0 Å². The van der Waals surface area contributed by atoms with Gasteiger partial charge in [-0.3, -0.25) is 0 Å². The van der Waals surface area contributed by atoms with Gasteiger partial charge < -0.3 is 14.3 Å². The van der Waals surface area contributed by atoms with Gasteiger partial charge in [0.25, 0.3) is 0 Å². The van der Waals surface area contributed by atoms with E-state index in [1.165, 1.54) is 16.9 Å². The highest BCUT2D eigenvalue weighted by Crippen LogP contribution is 2.43. The lowest BCUT2D eigenvalue weighted by Gasteiger charge is -2.21. The predicted molar refractivity (Wildman–Crippen MR) is 130 cm³/mol. The largest absolute Gasteiger partial charge is 0.507 e. The fourth-order valence-electron chi connectivity index (χ4n) is 4.41. The molecule has 1 N–H and O–H groups in total. The van der Waals surface area contributed by atoms with E-state index in [0.717, 1.165) is 58.4 Å². The molecule has 1 aliphatic rings. The number of aryl methyl sites for hydroxylation is 3. The van der Waals surface area contributed by atoms with Crippen molar-refractivity contribution in [2.75, 3.05) is 6.61 Å². The van der Waals surface area contributed by atoms with E-state index in [1.807, 2.05) is 19.9 Å². The first-order valence-electron chi connectivity index (χ1n) is 11.2. The standard InChI is InChI=1S/C26H31NO4S/c1-7-30-25(29)21-14(2)15(3)32-24(21)27-13-17-22-16-10-8-9-11-19(16)31-20(22)12-18(23(17)28)26(4,5)6/h12-13,28H,7-11H2,1-6H3/b27-13+. The summed E-state index contributed by atoms with van der Waals surface area (Å²) in [4.78, 5) is 18.3. The number of carbonyl (C=O) groups is 1. The molecule has 0 bridgehead atoms. The number of furan rings is 1. The van der Waals surface area contributed by atoms with Gasteiger partial charge in [0.1, 0.15) is 22.1 Å². The molecule has 0 fully saturated rings. The molecule has 170 valence electrons. The van der Waals surface area contributed by atoms with E-state index >= 15 is 0 Å². The van der Waals surface area contributed by atoms with E-state index in [1.54, 1.807) is 13.1 Å². The molecule has 4 rings (SSSR count). The summed E-state index contributed by atoms with van der Waals surface area (Å²) in [6.07, 6.45) is 5.78. The van der Waals surface area contributed by atoms with Gasteiger partial charge in [0.2, 0.25) is 0 Å². The van der Waals surface area contributed by atoms with Crippen LogP contribution in [0.25, 0.3) is 11.0 Å². The van der Waals surface area contributed by atoms with E-state index in [-0.39, 0.29) is 17.1 Å². The number of phenols is 1. The van der Waals surface area contributed by atoms with Crippen LogP contribution in [-0.2, 0) is 23.0 Å². The number of ether oxygens (including phenoxy) is 1. The molecule has 0 atom stereocenters. The Morgan fingerprint density at radius 3 is 2.69 bits per heavy atom. The van der Waals surface area contributed by atoms with Gasteiger partial charge in [-0.25, -0.2) is 9.79 Å². The average Bonchev–Trinajstić information content (AvgIpc) is 3.23. The molecule has 0 unspecified atom stereocenters. The molecule has 2 heterocycles. The van der Waals surface area contributed by atoms with Crippen LogP contribution in [0.5, 0.6) is 5.75 Å². The van der Waals surface area contributed by atoms with Crippen LogP contribution >= 0.6 is 11.3 Å². The molecule has 1 aromatic carbocycles. The van der Waals surface area contributed by atoms with Gasteiger partial charge in [0, 0.05) is 39.6 Å². The number of aromatic hydroxyl groups is 1. The number of esters is 1. The van der Waals surface area contributed by atoms with Crippen LogP contribution in [0.1, 0.15) is 83.8 Å². The highest BCUT2D eigenvalue weighted by atomic mass is 32.1. The number of nitrogens with zero attached hydrogens (tertiary/aromatic N) is 1. The van der Waals surface area contributed by atoms with Crippen molar-refractivity contribution in [2.45, 2.75) is 72.6 Å². The summed E-state index contributed by atoms with van der Waals surface area (Å²) in [5.41, 5.74) is 4.58. The summed E-state index contributed by atoms with van der Waals surface area (Å²) < 4.78 is 11.5. The molecule has 32 heavy (non-hydrogen) atoms. The van der Waals surface area contributed by atoms with E-state index in [9.17, 15) is 9.90 Å². The highest BCUT2D eigenvalue weighted by molar-refractivity contribution is 7.16. The Kier molecular flexibility index (Phi) is 5.93. The van der Waals surface area contributed by atoms with Crippen LogP contribution < -0.4 is 0 Å². The summed E-state index contributed by atoms with van der Waals surface area (Å²) in [5.74, 6) is 0.881. The summed E-state index contributed by atoms with van der Waals surface area (Å²) in [7, 11) is 0. The molecule has 1 aliphatic carbocycles. The van der Waals surface area contributed by atoms with Crippen molar-refractivity contribution in [3.8, 4) is 5.75 Å². The van der Waals surface area contributed by atoms with Crippen molar-refractivity contribution in [1.29, 1.82) is 0 Å². The zero-order valence-corrected chi connectivity index (χ0v) is 20.5. The Labute approximate surface area is 193 Å². The van der Waals surface area contributed by atoms with Gasteiger partial charge in [0.05, 0.1) is 12.2 Å². The molecular weight excluding hydrogens is 422 g/mol. The lowest BCUT2D eigenvalue weighted by Crippen LogP contribution is -2.12. The predicted octanol–water partition coefficient (Wildman–Crippen LogP) is 6.92. The van der Waals surface area contributed by atoms with Crippen molar-refractivity contribution in [3.05, 3.63) is 44.5 Å². The second kappa shape index (κ2) is 8.39. The maximum atomic E-state index is 12.6. The number of phenolic OH excluding ortho intramolecular Hbond substituents is 1. The van der Waals surface area contributed by atoms with Crippen molar-refractivity contribution in [2.24, 2.45) is 4.99 Å². The number of rotatable bonds is 4. The summed E-state index contributed by atoms with van der Waals surface area (Å²) >= 11 is 1.46. The Balaban J connectivity index is 1.92. The second-order valence-electron chi connectivity index (χ2n) is 9.46. The van der Waals surface area contributed by atoms with Gasteiger partial charge in [0.15, 0.2) is 0 Å². The Morgan fingerprint density at radius 2 is 2.00 bits per heavy atom. The van der Waals surface area contributed by atoms with Crippen molar-refractivity contribution in [1.82, 2.24) is 0 Å². The minimum absolute atomic E-state index is 0.227. The van der Waals surface area contributed by atoms with Gasteiger partial charge in [-0.15, -0.1) is 11.3 Å². The topological polar surface area (TPSA) is 72.0 Å². The van der Waals surface area contributed by atoms with Crippen molar-refractivity contribution >= 4 is 39.5 Å². The first-order valence-corrected chi connectivity index (χ1v) is 12.1. The molecule has 0 radical (unpaired) electrons. The smallest absolute Gasteiger partial charge is 0.341 e. The molecule has 3 aromatic rings. The first-order chi connectivity index (χ1) is 15.1. The number of thiophene rings is 1. The van der Waals surface area contributed by atoms with Crippen LogP contribution in [0.15, 0.2) is 15.5 Å².